The minimum atomic E-state index is -0.637. The highest BCUT2D eigenvalue weighted by Gasteiger charge is 2.16. The van der Waals surface area contributed by atoms with Crippen LogP contribution in [0.3, 0.4) is 0 Å². The maximum atomic E-state index is 12.3. The smallest absolute Gasteiger partial charge is 0.338 e. The van der Waals surface area contributed by atoms with Gasteiger partial charge in [0.2, 0.25) is 0 Å². The normalized spacial score (nSPS) is 10.4. The number of benzene rings is 2. The zero-order valence-corrected chi connectivity index (χ0v) is 17.0. The maximum absolute atomic E-state index is 12.3. The van der Waals surface area contributed by atoms with Gasteiger partial charge in [0.25, 0.3) is 5.91 Å². The molecule has 0 unspecified atom stereocenters. The molecule has 0 radical (unpaired) electrons. The van der Waals surface area contributed by atoms with Gasteiger partial charge in [-0.05, 0) is 44.2 Å². The molecule has 1 aromatic heterocycles. The Kier molecular flexibility index (Phi) is 6.69. The summed E-state index contributed by atoms with van der Waals surface area (Å²) in [5.41, 5.74) is 1.81. The summed E-state index contributed by atoms with van der Waals surface area (Å²) in [6.45, 7) is 3.64. The lowest BCUT2D eigenvalue weighted by Crippen LogP contribution is -2.22. The highest BCUT2D eigenvalue weighted by Crippen LogP contribution is 2.28. The summed E-state index contributed by atoms with van der Waals surface area (Å²) in [7, 11) is 1.52. The molecule has 8 heteroatoms. The summed E-state index contributed by atoms with van der Waals surface area (Å²) in [5.74, 6) is 0.320. The van der Waals surface area contributed by atoms with E-state index in [9.17, 15) is 9.59 Å². The number of methoxy groups -OCH3 is 1. The fourth-order valence-electron chi connectivity index (χ4n) is 2.82. The third-order valence-corrected chi connectivity index (χ3v) is 4.13. The van der Waals surface area contributed by atoms with E-state index < -0.39 is 18.5 Å². The van der Waals surface area contributed by atoms with E-state index in [2.05, 4.69) is 10.4 Å². The molecule has 8 nitrogen and oxygen atoms in total. The fraction of sp³-hybridized carbons (Fsp3) is 0.227. The van der Waals surface area contributed by atoms with E-state index in [1.165, 1.54) is 13.2 Å². The first-order chi connectivity index (χ1) is 14.5. The van der Waals surface area contributed by atoms with Gasteiger partial charge in [-0.2, -0.15) is 5.10 Å². The molecule has 0 bridgehead atoms. The number of carbonyl (C=O) groups is 2. The third kappa shape index (κ3) is 4.96. The lowest BCUT2D eigenvalue weighted by atomic mass is 10.2. The van der Waals surface area contributed by atoms with Gasteiger partial charge < -0.3 is 19.5 Å². The lowest BCUT2D eigenvalue weighted by molar-refractivity contribution is -0.119. The maximum Gasteiger partial charge on any atom is 0.338 e. The molecule has 0 saturated heterocycles. The third-order valence-electron chi connectivity index (χ3n) is 4.13. The summed E-state index contributed by atoms with van der Waals surface area (Å²) in [4.78, 5) is 24.7. The Morgan fingerprint density at radius 1 is 1.07 bits per heavy atom. The van der Waals surface area contributed by atoms with Gasteiger partial charge in [0, 0.05) is 6.07 Å². The van der Waals surface area contributed by atoms with E-state index in [4.69, 9.17) is 14.2 Å². The van der Waals surface area contributed by atoms with Gasteiger partial charge in [-0.15, -0.1) is 0 Å². The summed E-state index contributed by atoms with van der Waals surface area (Å²) in [6.07, 6.45) is 0. The van der Waals surface area contributed by atoms with Crippen LogP contribution in [0.5, 0.6) is 11.5 Å². The molecule has 0 aliphatic heterocycles. The van der Waals surface area contributed by atoms with E-state index in [1.807, 2.05) is 44.2 Å². The number of nitrogens with one attached hydrogen (secondary N) is 1. The minimum absolute atomic E-state index is 0.261. The zero-order chi connectivity index (χ0) is 21.5. The van der Waals surface area contributed by atoms with Gasteiger partial charge in [0.15, 0.2) is 18.1 Å². The molecule has 1 heterocycles. The lowest BCUT2D eigenvalue weighted by Gasteiger charge is -2.11. The standard InChI is InChI=1S/C22H23N3O5/c1-4-29-19-13-16(10-11-18(19)28-3)22(27)30-14-21(26)23-20-12-15(2)24-25(20)17-8-6-5-7-9-17/h5-13H,4,14H2,1-3H3,(H,23,26). The second kappa shape index (κ2) is 9.60. The summed E-state index contributed by atoms with van der Waals surface area (Å²) >= 11 is 0. The number of amides is 1. The van der Waals surface area contributed by atoms with Crippen LogP contribution in [0.25, 0.3) is 5.69 Å². The highest BCUT2D eigenvalue weighted by molar-refractivity contribution is 5.95. The molecular weight excluding hydrogens is 386 g/mol. The van der Waals surface area contributed by atoms with Crippen molar-refractivity contribution >= 4 is 17.7 Å². The van der Waals surface area contributed by atoms with Crippen LogP contribution >= 0.6 is 0 Å². The van der Waals surface area contributed by atoms with Gasteiger partial charge in [-0.3, -0.25) is 4.79 Å². The Morgan fingerprint density at radius 2 is 1.83 bits per heavy atom. The number of anilines is 1. The van der Waals surface area contributed by atoms with Crippen LogP contribution in [0.15, 0.2) is 54.6 Å². The van der Waals surface area contributed by atoms with Crippen LogP contribution in [0.1, 0.15) is 23.0 Å². The molecule has 1 N–H and O–H groups in total. The molecule has 0 saturated carbocycles. The van der Waals surface area contributed by atoms with Crippen molar-refractivity contribution in [3.63, 3.8) is 0 Å². The molecule has 0 atom stereocenters. The van der Waals surface area contributed by atoms with Crippen molar-refractivity contribution in [2.75, 3.05) is 25.6 Å². The Bertz CT molecular complexity index is 1030. The van der Waals surface area contributed by atoms with Crippen LogP contribution in [0.4, 0.5) is 5.82 Å². The second-order valence-corrected chi connectivity index (χ2v) is 6.34. The number of esters is 1. The van der Waals surface area contributed by atoms with Crippen LogP contribution in [0.2, 0.25) is 0 Å². The summed E-state index contributed by atoms with van der Waals surface area (Å²) in [6, 6.07) is 15.8. The Balaban J connectivity index is 1.64. The van der Waals surface area contributed by atoms with Gasteiger partial charge in [0.1, 0.15) is 5.82 Å². The Hall–Kier alpha value is -3.81. The molecule has 156 valence electrons. The number of aryl methyl sites for hydroxylation is 1. The van der Waals surface area contributed by atoms with Crippen LogP contribution < -0.4 is 14.8 Å². The zero-order valence-electron chi connectivity index (χ0n) is 17.0. The average Bonchev–Trinajstić information content (AvgIpc) is 3.12. The molecule has 0 fully saturated rings. The first-order valence-electron chi connectivity index (χ1n) is 9.41. The molecule has 3 aromatic rings. The predicted octanol–water partition coefficient (Wildman–Crippen LogP) is 3.38. The van der Waals surface area contributed by atoms with E-state index >= 15 is 0 Å². The molecule has 0 aliphatic carbocycles. The predicted molar refractivity (Wildman–Crippen MR) is 111 cm³/mol. The quantitative estimate of drug-likeness (QED) is 0.574. The van der Waals surface area contributed by atoms with Crippen LogP contribution in [-0.2, 0) is 9.53 Å². The van der Waals surface area contributed by atoms with E-state index in [1.54, 1.807) is 22.9 Å². The van der Waals surface area contributed by atoms with E-state index in [-0.39, 0.29) is 5.56 Å². The Labute approximate surface area is 174 Å². The molecule has 2 aromatic carbocycles. The largest absolute Gasteiger partial charge is 0.493 e. The van der Waals surface area contributed by atoms with Crippen molar-refractivity contribution < 1.29 is 23.8 Å². The second-order valence-electron chi connectivity index (χ2n) is 6.34. The van der Waals surface area contributed by atoms with Gasteiger partial charge in [-0.1, -0.05) is 18.2 Å². The Morgan fingerprint density at radius 3 is 2.53 bits per heavy atom. The van der Waals surface area contributed by atoms with Crippen molar-refractivity contribution in [2.45, 2.75) is 13.8 Å². The minimum Gasteiger partial charge on any atom is -0.493 e. The number of carbonyl (C=O) groups excluding carboxylic acids is 2. The monoisotopic (exact) mass is 409 g/mol. The van der Waals surface area contributed by atoms with Crippen molar-refractivity contribution in [3.05, 3.63) is 65.9 Å². The molecule has 0 spiro atoms. The number of nitrogens with zero attached hydrogens (tertiary/aromatic N) is 2. The number of para-hydroxylation sites is 1. The first-order valence-corrected chi connectivity index (χ1v) is 9.41. The SMILES string of the molecule is CCOc1cc(C(=O)OCC(=O)Nc2cc(C)nn2-c2ccccc2)ccc1OC. The molecular formula is C22H23N3O5. The van der Waals surface area contributed by atoms with Crippen molar-refractivity contribution in [3.8, 4) is 17.2 Å². The van der Waals surface area contributed by atoms with Crippen molar-refractivity contribution in [1.82, 2.24) is 9.78 Å². The topological polar surface area (TPSA) is 91.7 Å². The molecule has 0 aliphatic rings. The number of rotatable bonds is 8. The van der Waals surface area contributed by atoms with Gasteiger partial charge >= 0.3 is 5.97 Å². The van der Waals surface area contributed by atoms with Gasteiger partial charge in [0.05, 0.1) is 30.7 Å². The number of hydrogen-bond donors (Lipinski definition) is 1. The van der Waals surface area contributed by atoms with Crippen LogP contribution in [0, 0.1) is 6.92 Å². The van der Waals surface area contributed by atoms with Crippen molar-refractivity contribution in [2.24, 2.45) is 0 Å². The van der Waals surface area contributed by atoms with Gasteiger partial charge in [-0.25, -0.2) is 9.48 Å². The average molecular weight is 409 g/mol. The molecule has 3 rings (SSSR count). The van der Waals surface area contributed by atoms with E-state index in [0.29, 0.717) is 23.9 Å². The number of ether oxygens (including phenoxy) is 3. The molecule has 1 amide bonds. The summed E-state index contributed by atoms with van der Waals surface area (Å²) in [5, 5.41) is 7.11. The number of hydrogen-bond acceptors (Lipinski definition) is 6. The fourth-order valence-corrected chi connectivity index (χ4v) is 2.82. The van der Waals surface area contributed by atoms with Crippen molar-refractivity contribution in [1.29, 1.82) is 0 Å². The van der Waals surface area contributed by atoms with Crippen LogP contribution in [-0.4, -0.2) is 42.0 Å². The number of aromatic nitrogens is 2. The molecule has 30 heavy (non-hydrogen) atoms. The first kappa shape index (κ1) is 20.9. The highest BCUT2D eigenvalue weighted by atomic mass is 16.5. The summed E-state index contributed by atoms with van der Waals surface area (Å²) < 4.78 is 17.4. The van der Waals surface area contributed by atoms with E-state index in [0.717, 1.165) is 11.4 Å².